The lowest BCUT2D eigenvalue weighted by Gasteiger charge is -2.22. The molecule has 1 aromatic rings. The van der Waals surface area contributed by atoms with Crippen molar-refractivity contribution in [3.63, 3.8) is 0 Å². The number of nitrogens with one attached hydrogen (secondary N) is 1. The van der Waals surface area contributed by atoms with Crippen LogP contribution in [0.3, 0.4) is 0 Å². The summed E-state index contributed by atoms with van der Waals surface area (Å²) < 4.78 is 13.0. The Morgan fingerprint density at radius 3 is 3.18 bits per heavy atom. The summed E-state index contributed by atoms with van der Waals surface area (Å²) in [5.74, 6) is 1.20. The first-order chi connectivity index (χ1) is 8.16. The molecule has 0 aliphatic carbocycles. The largest absolute Gasteiger partial charge is 0.383 e. The van der Waals surface area contributed by atoms with Crippen molar-refractivity contribution in [1.29, 1.82) is 0 Å². The number of nitrogen functional groups attached to an aromatic ring is 1. The Kier molecular flexibility index (Phi) is 3.83. The van der Waals surface area contributed by atoms with Gasteiger partial charge in [-0.15, -0.1) is 0 Å². The minimum absolute atomic E-state index is 0.0624. The molecule has 0 spiro atoms. The van der Waals surface area contributed by atoms with Crippen molar-refractivity contribution in [3.8, 4) is 0 Å². The summed E-state index contributed by atoms with van der Waals surface area (Å²) in [5.41, 5.74) is 5.66. The van der Waals surface area contributed by atoms with E-state index in [2.05, 4.69) is 10.3 Å². The molecular formula is C11H14FN3OS. The maximum absolute atomic E-state index is 13.0. The van der Waals surface area contributed by atoms with Crippen molar-refractivity contribution >= 4 is 23.5 Å². The Bertz CT molecular complexity index is 421. The summed E-state index contributed by atoms with van der Waals surface area (Å²) in [4.78, 5) is 15.5. The summed E-state index contributed by atoms with van der Waals surface area (Å²) in [6, 6.07) is 1.26. The molecule has 1 aliphatic heterocycles. The van der Waals surface area contributed by atoms with Crippen molar-refractivity contribution in [3.05, 3.63) is 23.6 Å². The molecule has 1 unspecified atom stereocenters. The number of anilines is 1. The molecule has 0 bridgehead atoms. The standard InChI is InChI=1S/C11H14FN3OS/c12-7-4-9(10(13)14-5-7)11(16)15-8-2-1-3-17-6-8/h4-5,8H,1-3,6H2,(H2,13,14)(H,15,16). The van der Waals surface area contributed by atoms with Crippen molar-refractivity contribution in [2.24, 2.45) is 0 Å². The molecule has 2 heterocycles. The molecule has 1 fully saturated rings. The Hall–Kier alpha value is -1.30. The first-order valence-electron chi connectivity index (χ1n) is 5.46. The van der Waals surface area contributed by atoms with E-state index < -0.39 is 5.82 Å². The number of pyridine rings is 1. The van der Waals surface area contributed by atoms with E-state index in [1.807, 2.05) is 11.8 Å². The van der Waals surface area contributed by atoms with Gasteiger partial charge in [0.1, 0.15) is 11.6 Å². The molecule has 3 N–H and O–H groups in total. The van der Waals surface area contributed by atoms with Crippen LogP contribution in [0.5, 0.6) is 0 Å². The van der Waals surface area contributed by atoms with Gasteiger partial charge in [0.15, 0.2) is 0 Å². The van der Waals surface area contributed by atoms with Gasteiger partial charge in [-0.2, -0.15) is 11.8 Å². The summed E-state index contributed by atoms with van der Waals surface area (Å²) in [6.07, 6.45) is 3.05. The summed E-state index contributed by atoms with van der Waals surface area (Å²) in [7, 11) is 0. The van der Waals surface area contributed by atoms with Gasteiger partial charge < -0.3 is 11.1 Å². The first-order valence-corrected chi connectivity index (χ1v) is 6.62. The van der Waals surface area contributed by atoms with Crippen LogP contribution >= 0.6 is 11.8 Å². The second-order valence-corrected chi connectivity index (χ2v) is 5.12. The first kappa shape index (κ1) is 12.2. The highest BCUT2D eigenvalue weighted by Crippen LogP contribution is 2.18. The van der Waals surface area contributed by atoms with E-state index in [1.54, 1.807) is 0 Å². The molecule has 17 heavy (non-hydrogen) atoms. The molecule has 0 saturated carbocycles. The van der Waals surface area contributed by atoms with Crippen LogP contribution in [-0.2, 0) is 0 Å². The average molecular weight is 255 g/mol. The lowest BCUT2D eigenvalue weighted by atomic mass is 10.1. The number of carbonyl (C=O) groups excluding carboxylic acids is 1. The van der Waals surface area contributed by atoms with Gasteiger partial charge in [0.25, 0.3) is 5.91 Å². The van der Waals surface area contributed by atoms with Gasteiger partial charge in [-0.25, -0.2) is 9.37 Å². The van der Waals surface area contributed by atoms with E-state index in [0.717, 1.165) is 36.6 Å². The van der Waals surface area contributed by atoms with Crippen LogP contribution in [0.2, 0.25) is 0 Å². The zero-order chi connectivity index (χ0) is 12.3. The predicted octanol–water partition coefficient (Wildman–Crippen LogP) is 1.43. The molecule has 1 atom stereocenters. The smallest absolute Gasteiger partial charge is 0.255 e. The second-order valence-electron chi connectivity index (χ2n) is 3.97. The number of nitrogens with two attached hydrogens (primary N) is 1. The van der Waals surface area contributed by atoms with E-state index in [4.69, 9.17) is 5.73 Å². The molecule has 1 amide bonds. The van der Waals surface area contributed by atoms with E-state index >= 15 is 0 Å². The molecule has 0 radical (unpaired) electrons. The maximum Gasteiger partial charge on any atom is 0.255 e. The van der Waals surface area contributed by atoms with E-state index in [1.165, 1.54) is 0 Å². The number of thioether (sulfide) groups is 1. The van der Waals surface area contributed by atoms with Gasteiger partial charge >= 0.3 is 0 Å². The number of halogens is 1. The molecule has 2 rings (SSSR count). The van der Waals surface area contributed by atoms with Crippen LogP contribution in [0.4, 0.5) is 10.2 Å². The molecular weight excluding hydrogens is 241 g/mol. The van der Waals surface area contributed by atoms with Gasteiger partial charge in [-0.1, -0.05) is 0 Å². The Balaban J connectivity index is 2.05. The highest BCUT2D eigenvalue weighted by Gasteiger charge is 2.19. The number of amides is 1. The maximum atomic E-state index is 13.0. The fraction of sp³-hybridized carbons (Fsp3) is 0.455. The fourth-order valence-electron chi connectivity index (χ4n) is 1.75. The van der Waals surface area contributed by atoms with Crippen LogP contribution in [0, 0.1) is 5.82 Å². The third-order valence-electron chi connectivity index (χ3n) is 2.63. The summed E-state index contributed by atoms with van der Waals surface area (Å²) in [5, 5.41) is 2.86. The molecule has 4 nitrogen and oxygen atoms in total. The van der Waals surface area contributed by atoms with Crippen LogP contribution < -0.4 is 11.1 Å². The van der Waals surface area contributed by atoms with Crippen LogP contribution in [0.1, 0.15) is 23.2 Å². The van der Waals surface area contributed by atoms with Crippen molar-refractivity contribution in [2.45, 2.75) is 18.9 Å². The minimum atomic E-state index is -0.553. The van der Waals surface area contributed by atoms with Gasteiger partial charge in [-0.05, 0) is 24.7 Å². The molecule has 1 aromatic heterocycles. The van der Waals surface area contributed by atoms with E-state index in [9.17, 15) is 9.18 Å². The van der Waals surface area contributed by atoms with E-state index in [0.29, 0.717) is 0 Å². The third-order valence-corrected chi connectivity index (χ3v) is 3.84. The van der Waals surface area contributed by atoms with E-state index in [-0.39, 0.29) is 23.3 Å². The normalized spacial score (nSPS) is 19.9. The lowest BCUT2D eigenvalue weighted by molar-refractivity contribution is 0.0939. The second kappa shape index (κ2) is 5.35. The van der Waals surface area contributed by atoms with Crippen LogP contribution in [0.15, 0.2) is 12.3 Å². The van der Waals surface area contributed by atoms with Gasteiger partial charge in [0, 0.05) is 11.8 Å². The Labute approximate surface area is 103 Å². The molecule has 6 heteroatoms. The van der Waals surface area contributed by atoms with Gasteiger partial charge in [0.05, 0.1) is 11.8 Å². The number of rotatable bonds is 2. The topological polar surface area (TPSA) is 68.0 Å². The lowest BCUT2D eigenvalue weighted by Crippen LogP contribution is -2.38. The fourth-order valence-corrected chi connectivity index (χ4v) is 2.82. The summed E-state index contributed by atoms with van der Waals surface area (Å²) in [6.45, 7) is 0. The third kappa shape index (κ3) is 3.09. The quantitative estimate of drug-likeness (QED) is 0.839. The monoisotopic (exact) mass is 255 g/mol. The molecule has 1 aliphatic rings. The Morgan fingerprint density at radius 2 is 2.47 bits per heavy atom. The SMILES string of the molecule is Nc1ncc(F)cc1C(=O)NC1CCCSC1. The zero-order valence-corrected chi connectivity index (χ0v) is 10.1. The van der Waals surface area contributed by atoms with Crippen LogP contribution in [-0.4, -0.2) is 28.4 Å². The molecule has 92 valence electrons. The summed E-state index contributed by atoms with van der Waals surface area (Å²) >= 11 is 1.81. The molecule has 0 aromatic carbocycles. The number of nitrogens with zero attached hydrogens (tertiary/aromatic N) is 1. The number of carbonyl (C=O) groups is 1. The average Bonchev–Trinajstić information content (AvgIpc) is 2.33. The number of hydrogen-bond acceptors (Lipinski definition) is 4. The number of hydrogen-bond donors (Lipinski definition) is 2. The predicted molar refractivity (Wildman–Crippen MR) is 66.4 cm³/mol. The highest BCUT2D eigenvalue weighted by molar-refractivity contribution is 7.99. The Morgan fingerprint density at radius 1 is 1.65 bits per heavy atom. The zero-order valence-electron chi connectivity index (χ0n) is 9.28. The van der Waals surface area contributed by atoms with Crippen molar-refractivity contribution in [1.82, 2.24) is 10.3 Å². The van der Waals surface area contributed by atoms with Crippen molar-refractivity contribution in [2.75, 3.05) is 17.2 Å². The van der Waals surface area contributed by atoms with Crippen molar-refractivity contribution < 1.29 is 9.18 Å². The number of aromatic nitrogens is 1. The van der Waals surface area contributed by atoms with Crippen LogP contribution in [0.25, 0.3) is 0 Å². The molecule has 1 saturated heterocycles. The minimum Gasteiger partial charge on any atom is -0.383 e. The van der Waals surface area contributed by atoms with Gasteiger partial charge in [0.2, 0.25) is 0 Å². The van der Waals surface area contributed by atoms with Gasteiger partial charge in [-0.3, -0.25) is 4.79 Å². The highest BCUT2D eigenvalue weighted by atomic mass is 32.2.